The molecule has 0 saturated carbocycles. The second kappa shape index (κ2) is 13.3. The van der Waals surface area contributed by atoms with Gasteiger partial charge < -0.3 is 10.2 Å². The molecular weight excluding hydrogens is 546 g/mol. The largest absolute Gasteiger partial charge is 0.352 e. The first-order chi connectivity index (χ1) is 18.8. The quantitative estimate of drug-likeness (QED) is 0.309. The first kappa shape index (κ1) is 31.2. The third-order valence-electron chi connectivity index (χ3n) is 7.10. The number of carbonyl (C=O) groups is 2. The molecule has 2 atom stereocenters. The van der Waals surface area contributed by atoms with Crippen LogP contribution in [0.1, 0.15) is 49.4 Å². The van der Waals surface area contributed by atoms with Crippen LogP contribution in [0.25, 0.3) is 0 Å². The molecule has 3 aromatic carbocycles. The van der Waals surface area contributed by atoms with Crippen molar-refractivity contribution in [3.8, 4) is 0 Å². The minimum atomic E-state index is -4.16. The lowest BCUT2D eigenvalue weighted by Crippen LogP contribution is -2.52. The van der Waals surface area contributed by atoms with Gasteiger partial charge in [-0.25, -0.2) is 8.42 Å². The van der Waals surface area contributed by atoms with Gasteiger partial charge in [0.25, 0.3) is 10.0 Å². The summed E-state index contributed by atoms with van der Waals surface area (Å²) in [5.74, 6) is -0.812. The molecule has 0 bridgehead atoms. The summed E-state index contributed by atoms with van der Waals surface area (Å²) in [4.78, 5) is 28.8. The molecule has 0 heterocycles. The number of hydrogen-bond donors (Lipinski definition) is 1. The molecule has 0 spiro atoms. The average molecular weight is 584 g/mol. The Morgan fingerprint density at radius 1 is 0.925 bits per heavy atom. The van der Waals surface area contributed by atoms with Gasteiger partial charge in [-0.1, -0.05) is 66.6 Å². The van der Waals surface area contributed by atoms with Gasteiger partial charge in [-0.15, -0.1) is 0 Å². The fourth-order valence-electron chi connectivity index (χ4n) is 4.22. The maximum atomic E-state index is 14.1. The summed E-state index contributed by atoms with van der Waals surface area (Å²) in [5, 5.41) is 3.29. The normalized spacial score (nSPS) is 12.9. The highest BCUT2D eigenvalue weighted by Gasteiger charge is 2.33. The van der Waals surface area contributed by atoms with Crippen molar-refractivity contribution in [1.29, 1.82) is 0 Å². The van der Waals surface area contributed by atoms with Gasteiger partial charge >= 0.3 is 0 Å². The van der Waals surface area contributed by atoms with E-state index in [-0.39, 0.29) is 23.4 Å². The molecule has 214 valence electrons. The standard InChI is InChI=1S/C31H38ClN3O4S/c1-7-24(5)33-31(37)25(6)34(19-26-11-9-8-10-22(26)3)30(36)20-35(29-18-27(32)15-14-23(29)4)40(38,39)28-16-12-21(2)13-17-28/h8-18,24-25H,7,19-20H2,1-6H3,(H,33,37). The lowest BCUT2D eigenvalue weighted by molar-refractivity contribution is -0.139. The van der Waals surface area contributed by atoms with Crippen LogP contribution in [-0.2, 0) is 26.2 Å². The van der Waals surface area contributed by atoms with Crippen LogP contribution in [0.15, 0.2) is 71.6 Å². The van der Waals surface area contributed by atoms with Gasteiger partial charge in [0.05, 0.1) is 10.6 Å². The van der Waals surface area contributed by atoms with E-state index in [1.807, 2.05) is 52.0 Å². The molecular formula is C31H38ClN3O4S. The molecule has 3 aromatic rings. The number of nitrogens with one attached hydrogen (secondary N) is 1. The lowest BCUT2D eigenvalue weighted by atomic mass is 10.1. The third kappa shape index (κ3) is 7.43. The highest BCUT2D eigenvalue weighted by molar-refractivity contribution is 7.92. The molecule has 0 aliphatic carbocycles. The topological polar surface area (TPSA) is 86.8 Å². The molecule has 1 N–H and O–H groups in total. The van der Waals surface area contributed by atoms with Crippen LogP contribution in [-0.4, -0.2) is 43.8 Å². The van der Waals surface area contributed by atoms with Crippen LogP contribution in [0.5, 0.6) is 0 Å². The second-order valence-electron chi connectivity index (χ2n) is 10.2. The van der Waals surface area contributed by atoms with Crippen LogP contribution >= 0.6 is 11.6 Å². The van der Waals surface area contributed by atoms with Crippen LogP contribution in [0, 0.1) is 20.8 Å². The number of sulfonamides is 1. The highest BCUT2D eigenvalue weighted by atomic mass is 35.5. The lowest BCUT2D eigenvalue weighted by Gasteiger charge is -2.33. The number of nitrogens with zero attached hydrogens (tertiary/aromatic N) is 2. The van der Waals surface area contributed by atoms with Crippen molar-refractivity contribution >= 4 is 39.1 Å². The minimum Gasteiger partial charge on any atom is -0.352 e. The molecule has 2 unspecified atom stereocenters. The van der Waals surface area contributed by atoms with Crippen LogP contribution in [0.2, 0.25) is 5.02 Å². The average Bonchev–Trinajstić information content (AvgIpc) is 2.92. The first-order valence-corrected chi connectivity index (χ1v) is 15.2. The van der Waals surface area contributed by atoms with E-state index >= 15 is 0 Å². The van der Waals surface area contributed by atoms with Crippen LogP contribution in [0.4, 0.5) is 5.69 Å². The van der Waals surface area contributed by atoms with Crippen molar-refractivity contribution in [2.75, 3.05) is 10.8 Å². The summed E-state index contributed by atoms with van der Waals surface area (Å²) >= 11 is 6.29. The van der Waals surface area contributed by atoms with Crippen molar-refractivity contribution in [2.24, 2.45) is 0 Å². The molecule has 40 heavy (non-hydrogen) atoms. The Morgan fingerprint density at radius 3 is 2.20 bits per heavy atom. The van der Waals surface area contributed by atoms with Crippen molar-refractivity contribution < 1.29 is 18.0 Å². The van der Waals surface area contributed by atoms with Gasteiger partial charge in [0.15, 0.2) is 0 Å². The Kier molecular flexibility index (Phi) is 10.4. The zero-order valence-electron chi connectivity index (χ0n) is 23.9. The summed E-state index contributed by atoms with van der Waals surface area (Å²) in [6, 6.07) is 18.1. The monoisotopic (exact) mass is 583 g/mol. The van der Waals surface area contributed by atoms with Crippen molar-refractivity contribution in [3.05, 3.63) is 94.0 Å². The number of benzene rings is 3. The maximum Gasteiger partial charge on any atom is 0.264 e. The van der Waals surface area contributed by atoms with E-state index < -0.39 is 28.5 Å². The molecule has 0 saturated heterocycles. The zero-order valence-corrected chi connectivity index (χ0v) is 25.5. The Hall–Kier alpha value is -3.36. The number of carbonyl (C=O) groups excluding carboxylic acids is 2. The van der Waals surface area contributed by atoms with E-state index in [4.69, 9.17) is 11.6 Å². The summed E-state index contributed by atoms with van der Waals surface area (Å²) in [7, 11) is -4.16. The van der Waals surface area contributed by atoms with Crippen molar-refractivity contribution in [2.45, 2.75) is 71.5 Å². The number of amides is 2. The SMILES string of the molecule is CCC(C)NC(=O)C(C)N(Cc1ccccc1C)C(=O)CN(c1cc(Cl)ccc1C)S(=O)(=O)c1ccc(C)cc1. The molecule has 7 nitrogen and oxygen atoms in total. The fraction of sp³-hybridized carbons (Fsp3) is 0.355. The van der Waals surface area contributed by atoms with E-state index in [2.05, 4.69) is 5.32 Å². The first-order valence-electron chi connectivity index (χ1n) is 13.3. The van der Waals surface area contributed by atoms with E-state index in [1.165, 1.54) is 17.0 Å². The Labute approximate surface area is 243 Å². The number of rotatable bonds is 11. The number of anilines is 1. The third-order valence-corrected chi connectivity index (χ3v) is 9.11. The molecule has 0 aliphatic rings. The predicted molar refractivity (Wildman–Crippen MR) is 161 cm³/mol. The summed E-state index contributed by atoms with van der Waals surface area (Å²) < 4.78 is 29.1. The van der Waals surface area contributed by atoms with Gasteiger partial charge in [0.2, 0.25) is 11.8 Å². The Morgan fingerprint density at radius 2 is 1.57 bits per heavy atom. The Balaban J connectivity index is 2.08. The minimum absolute atomic E-state index is 0.0540. The maximum absolute atomic E-state index is 14.1. The molecule has 0 aliphatic heterocycles. The molecule has 3 rings (SSSR count). The van der Waals surface area contributed by atoms with Gasteiger partial charge in [0.1, 0.15) is 12.6 Å². The number of aryl methyl sites for hydroxylation is 3. The van der Waals surface area contributed by atoms with Gasteiger partial charge in [0, 0.05) is 17.6 Å². The highest BCUT2D eigenvalue weighted by Crippen LogP contribution is 2.30. The molecule has 0 radical (unpaired) electrons. The predicted octanol–water partition coefficient (Wildman–Crippen LogP) is 5.79. The van der Waals surface area contributed by atoms with E-state index in [0.717, 1.165) is 27.4 Å². The van der Waals surface area contributed by atoms with Crippen molar-refractivity contribution in [1.82, 2.24) is 10.2 Å². The van der Waals surface area contributed by atoms with E-state index in [1.54, 1.807) is 44.2 Å². The number of halogens is 1. The second-order valence-corrected chi connectivity index (χ2v) is 12.5. The van der Waals surface area contributed by atoms with Gasteiger partial charge in [-0.2, -0.15) is 0 Å². The van der Waals surface area contributed by atoms with Crippen LogP contribution < -0.4 is 9.62 Å². The summed E-state index contributed by atoms with van der Waals surface area (Å²) in [6.45, 7) is 10.7. The van der Waals surface area contributed by atoms with Crippen molar-refractivity contribution in [3.63, 3.8) is 0 Å². The van der Waals surface area contributed by atoms with Gasteiger partial charge in [-0.3, -0.25) is 13.9 Å². The molecule has 0 fully saturated rings. The van der Waals surface area contributed by atoms with Gasteiger partial charge in [-0.05, 0) is 82.0 Å². The fourth-order valence-corrected chi connectivity index (χ4v) is 5.86. The smallest absolute Gasteiger partial charge is 0.264 e. The number of hydrogen-bond acceptors (Lipinski definition) is 4. The molecule has 0 aromatic heterocycles. The van der Waals surface area contributed by atoms with Crippen LogP contribution in [0.3, 0.4) is 0 Å². The zero-order chi connectivity index (χ0) is 29.6. The molecule has 2 amide bonds. The summed E-state index contributed by atoms with van der Waals surface area (Å²) in [6.07, 6.45) is 0.737. The van der Waals surface area contributed by atoms with E-state index in [9.17, 15) is 18.0 Å². The Bertz CT molecular complexity index is 1460. The van der Waals surface area contributed by atoms with E-state index in [0.29, 0.717) is 16.3 Å². The molecule has 9 heteroatoms. The summed E-state index contributed by atoms with van der Waals surface area (Å²) in [5.41, 5.74) is 3.68.